The number of nitrogens with zero attached hydrogens (tertiary/aromatic N) is 1. The molecule has 0 aliphatic rings. The molecule has 0 spiro atoms. The van der Waals surface area contributed by atoms with Gasteiger partial charge < -0.3 is 11.1 Å². The SMILES string of the molecule is CCNS(=O)(=O)CCNc1ccnc2cc(N)ccc12. The molecule has 7 heteroatoms. The molecule has 0 aliphatic carbocycles. The second kappa shape index (κ2) is 6.06. The zero-order valence-corrected chi connectivity index (χ0v) is 12.1. The first-order valence-electron chi connectivity index (χ1n) is 6.37. The van der Waals surface area contributed by atoms with Crippen LogP contribution >= 0.6 is 0 Å². The maximum atomic E-state index is 11.5. The van der Waals surface area contributed by atoms with Crippen molar-refractivity contribution in [1.29, 1.82) is 0 Å². The smallest absolute Gasteiger partial charge is 0.213 e. The molecule has 1 aromatic carbocycles. The second-order valence-corrected chi connectivity index (χ2v) is 6.31. The molecular formula is C13H18N4O2S. The van der Waals surface area contributed by atoms with Crippen molar-refractivity contribution in [2.45, 2.75) is 6.92 Å². The maximum Gasteiger partial charge on any atom is 0.213 e. The highest BCUT2D eigenvalue weighted by molar-refractivity contribution is 7.89. The summed E-state index contributed by atoms with van der Waals surface area (Å²) in [6.07, 6.45) is 1.67. The Morgan fingerprint density at radius 3 is 2.85 bits per heavy atom. The van der Waals surface area contributed by atoms with E-state index in [9.17, 15) is 8.42 Å². The second-order valence-electron chi connectivity index (χ2n) is 4.38. The first-order valence-corrected chi connectivity index (χ1v) is 8.02. The quantitative estimate of drug-likeness (QED) is 0.695. The Morgan fingerprint density at radius 2 is 2.10 bits per heavy atom. The molecule has 1 heterocycles. The molecule has 6 nitrogen and oxygen atoms in total. The maximum absolute atomic E-state index is 11.5. The largest absolute Gasteiger partial charge is 0.399 e. The van der Waals surface area contributed by atoms with Gasteiger partial charge in [0.25, 0.3) is 0 Å². The lowest BCUT2D eigenvalue weighted by Gasteiger charge is -2.10. The predicted molar refractivity (Wildman–Crippen MR) is 82.1 cm³/mol. The molecule has 0 bridgehead atoms. The van der Waals surface area contributed by atoms with Crippen molar-refractivity contribution in [2.75, 3.05) is 29.9 Å². The average molecular weight is 294 g/mol. The van der Waals surface area contributed by atoms with Crippen LogP contribution < -0.4 is 15.8 Å². The van der Waals surface area contributed by atoms with E-state index in [1.165, 1.54) is 0 Å². The number of pyridine rings is 1. The first kappa shape index (κ1) is 14.5. The van der Waals surface area contributed by atoms with Crippen LogP contribution in [0.1, 0.15) is 6.92 Å². The molecule has 0 saturated carbocycles. The minimum Gasteiger partial charge on any atom is -0.399 e. The molecule has 0 radical (unpaired) electrons. The van der Waals surface area contributed by atoms with Gasteiger partial charge >= 0.3 is 0 Å². The summed E-state index contributed by atoms with van der Waals surface area (Å²) in [5, 5.41) is 4.04. The van der Waals surface area contributed by atoms with Crippen LogP contribution in [0.15, 0.2) is 30.5 Å². The molecule has 2 aromatic rings. The van der Waals surface area contributed by atoms with Gasteiger partial charge in [0, 0.05) is 36.0 Å². The van der Waals surface area contributed by atoms with Crippen LogP contribution in [0, 0.1) is 0 Å². The van der Waals surface area contributed by atoms with Crippen molar-refractivity contribution < 1.29 is 8.42 Å². The van der Waals surface area contributed by atoms with Gasteiger partial charge in [-0.25, -0.2) is 13.1 Å². The molecular weight excluding hydrogens is 276 g/mol. The van der Waals surface area contributed by atoms with Crippen LogP contribution in [0.3, 0.4) is 0 Å². The highest BCUT2D eigenvalue weighted by Crippen LogP contribution is 2.23. The predicted octanol–water partition coefficient (Wildman–Crippen LogP) is 1.17. The molecule has 0 unspecified atom stereocenters. The van der Waals surface area contributed by atoms with E-state index in [2.05, 4.69) is 15.0 Å². The number of anilines is 2. The summed E-state index contributed by atoms with van der Waals surface area (Å²) in [6.45, 7) is 2.49. The summed E-state index contributed by atoms with van der Waals surface area (Å²) >= 11 is 0. The van der Waals surface area contributed by atoms with Crippen LogP contribution in [-0.4, -0.2) is 32.2 Å². The molecule has 20 heavy (non-hydrogen) atoms. The molecule has 0 amide bonds. The van der Waals surface area contributed by atoms with Crippen molar-refractivity contribution in [1.82, 2.24) is 9.71 Å². The summed E-state index contributed by atoms with van der Waals surface area (Å²) in [5.41, 5.74) is 8.00. The number of nitrogens with one attached hydrogen (secondary N) is 2. The van der Waals surface area contributed by atoms with Gasteiger partial charge in [0.1, 0.15) is 0 Å². The van der Waals surface area contributed by atoms with Crippen LogP contribution in [0.4, 0.5) is 11.4 Å². The average Bonchev–Trinajstić information content (AvgIpc) is 2.38. The molecule has 0 atom stereocenters. The van der Waals surface area contributed by atoms with Gasteiger partial charge in [0.2, 0.25) is 10.0 Å². The van der Waals surface area contributed by atoms with E-state index < -0.39 is 10.0 Å². The number of nitrogens with two attached hydrogens (primary N) is 1. The van der Waals surface area contributed by atoms with E-state index in [4.69, 9.17) is 5.73 Å². The Bertz CT molecular complexity index is 701. The van der Waals surface area contributed by atoms with E-state index in [0.29, 0.717) is 18.8 Å². The Labute approximate surface area is 118 Å². The highest BCUT2D eigenvalue weighted by Gasteiger charge is 2.08. The Hall–Kier alpha value is -1.86. The van der Waals surface area contributed by atoms with E-state index in [1.807, 2.05) is 12.1 Å². The van der Waals surface area contributed by atoms with Crippen molar-refractivity contribution in [3.63, 3.8) is 0 Å². The minimum absolute atomic E-state index is 0.0274. The van der Waals surface area contributed by atoms with Gasteiger partial charge in [0.15, 0.2) is 0 Å². The highest BCUT2D eigenvalue weighted by atomic mass is 32.2. The molecule has 108 valence electrons. The van der Waals surface area contributed by atoms with Crippen molar-refractivity contribution in [3.05, 3.63) is 30.5 Å². The number of aromatic nitrogens is 1. The van der Waals surface area contributed by atoms with Crippen molar-refractivity contribution in [3.8, 4) is 0 Å². The van der Waals surface area contributed by atoms with E-state index in [-0.39, 0.29) is 5.75 Å². The van der Waals surface area contributed by atoms with Gasteiger partial charge in [-0.2, -0.15) is 0 Å². The summed E-state index contributed by atoms with van der Waals surface area (Å²) in [7, 11) is -3.21. The van der Waals surface area contributed by atoms with Gasteiger partial charge in [-0.1, -0.05) is 6.92 Å². The lowest BCUT2D eigenvalue weighted by Crippen LogP contribution is -2.29. The summed E-state index contributed by atoms with van der Waals surface area (Å²) in [6, 6.07) is 7.28. The third-order valence-corrected chi connectivity index (χ3v) is 4.29. The standard InChI is InChI=1S/C13H18N4O2S/c1-2-17-20(18,19)8-7-16-12-5-6-15-13-9-10(14)3-4-11(12)13/h3-6,9,17H,2,7-8,14H2,1H3,(H,15,16). The van der Waals surface area contributed by atoms with E-state index in [1.54, 1.807) is 25.3 Å². The molecule has 0 fully saturated rings. The molecule has 1 aromatic heterocycles. The Morgan fingerprint density at radius 1 is 1.30 bits per heavy atom. The van der Waals surface area contributed by atoms with E-state index in [0.717, 1.165) is 16.6 Å². The van der Waals surface area contributed by atoms with Gasteiger partial charge in [-0.15, -0.1) is 0 Å². The minimum atomic E-state index is -3.21. The third-order valence-electron chi connectivity index (χ3n) is 2.82. The van der Waals surface area contributed by atoms with Crippen LogP contribution in [0.2, 0.25) is 0 Å². The molecule has 0 saturated heterocycles. The summed E-state index contributed by atoms with van der Waals surface area (Å²) < 4.78 is 25.6. The van der Waals surface area contributed by atoms with Gasteiger partial charge in [-0.05, 0) is 24.3 Å². The summed E-state index contributed by atoms with van der Waals surface area (Å²) in [5.74, 6) is 0.0274. The van der Waals surface area contributed by atoms with Crippen molar-refractivity contribution >= 4 is 32.3 Å². The first-order chi connectivity index (χ1) is 9.52. The Kier molecular flexibility index (Phi) is 4.41. The number of nitrogen functional groups attached to an aromatic ring is 1. The van der Waals surface area contributed by atoms with Gasteiger partial charge in [-0.3, -0.25) is 4.98 Å². The number of hydrogen-bond donors (Lipinski definition) is 3. The zero-order valence-electron chi connectivity index (χ0n) is 11.3. The number of rotatable bonds is 6. The lowest BCUT2D eigenvalue weighted by molar-refractivity contribution is 0.584. The molecule has 0 aliphatic heterocycles. The number of sulfonamides is 1. The van der Waals surface area contributed by atoms with Gasteiger partial charge in [0.05, 0.1) is 11.3 Å². The fraction of sp³-hybridized carbons (Fsp3) is 0.308. The van der Waals surface area contributed by atoms with Crippen molar-refractivity contribution in [2.24, 2.45) is 0 Å². The monoisotopic (exact) mass is 294 g/mol. The summed E-state index contributed by atoms with van der Waals surface area (Å²) in [4.78, 5) is 4.24. The number of hydrogen-bond acceptors (Lipinski definition) is 5. The lowest BCUT2D eigenvalue weighted by atomic mass is 10.1. The Balaban J connectivity index is 2.11. The molecule has 4 N–H and O–H groups in total. The van der Waals surface area contributed by atoms with E-state index >= 15 is 0 Å². The van der Waals surface area contributed by atoms with Crippen LogP contribution in [-0.2, 0) is 10.0 Å². The number of fused-ring (bicyclic) bond motifs is 1. The fourth-order valence-corrected chi connectivity index (χ4v) is 2.89. The number of benzene rings is 1. The third kappa shape index (κ3) is 3.58. The normalized spacial score (nSPS) is 11.7. The fourth-order valence-electron chi connectivity index (χ4n) is 1.93. The van der Waals surface area contributed by atoms with Crippen LogP contribution in [0.5, 0.6) is 0 Å². The topological polar surface area (TPSA) is 97.1 Å². The van der Waals surface area contributed by atoms with Crippen LogP contribution in [0.25, 0.3) is 10.9 Å². The molecule has 2 rings (SSSR count). The zero-order chi connectivity index (χ0) is 14.6.